The summed E-state index contributed by atoms with van der Waals surface area (Å²) < 4.78 is 64.7. The van der Waals surface area contributed by atoms with Gasteiger partial charge in [-0.1, -0.05) is 25.1 Å². The largest absolute Gasteiger partial charge is 0.432 e. The van der Waals surface area contributed by atoms with Gasteiger partial charge in [0.05, 0.1) is 6.10 Å². The summed E-state index contributed by atoms with van der Waals surface area (Å²) in [4.78, 5) is 31.9. The number of aliphatic hydroxyl groups is 1. The molecule has 1 aliphatic heterocycles. The summed E-state index contributed by atoms with van der Waals surface area (Å²) in [6.07, 6.45) is 0.238. The summed E-state index contributed by atoms with van der Waals surface area (Å²) >= 11 is 0. The Morgan fingerprint density at radius 1 is 1.21 bits per heavy atom. The summed E-state index contributed by atoms with van der Waals surface area (Å²) in [7, 11) is 0. The first-order valence-corrected chi connectivity index (χ1v) is 13.3. The van der Waals surface area contributed by atoms with Crippen LogP contribution >= 0.6 is 0 Å². The van der Waals surface area contributed by atoms with Crippen molar-refractivity contribution in [3.8, 4) is 0 Å². The average Bonchev–Trinajstić information content (AvgIpc) is 3.36. The van der Waals surface area contributed by atoms with Gasteiger partial charge in [-0.25, -0.2) is 22.4 Å². The van der Waals surface area contributed by atoms with Crippen molar-refractivity contribution < 1.29 is 41.8 Å². The number of fused-ring (bicyclic) bond motifs is 7. The van der Waals surface area contributed by atoms with Gasteiger partial charge in [0.25, 0.3) is 0 Å². The highest BCUT2D eigenvalue weighted by atomic mass is 19.2. The number of esters is 1. The smallest absolute Gasteiger partial charge is 0.343 e. The minimum atomic E-state index is -2.31. The van der Waals surface area contributed by atoms with Crippen LogP contribution in [0.5, 0.6) is 0 Å². The lowest BCUT2D eigenvalue weighted by atomic mass is 9.44. The number of hydroxylamine groups is 2. The maximum Gasteiger partial charge on any atom is 0.343 e. The van der Waals surface area contributed by atoms with Crippen molar-refractivity contribution in [3.63, 3.8) is 0 Å². The number of benzene rings is 1. The van der Waals surface area contributed by atoms with Crippen LogP contribution in [0.2, 0.25) is 0 Å². The highest BCUT2D eigenvalue weighted by Gasteiger charge is 2.80. The molecule has 210 valence electrons. The first-order chi connectivity index (χ1) is 18.4. The first-order valence-electron chi connectivity index (χ1n) is 13.3. The number of ether oxygens (including phenoxy) is 1. The van der Waals surface area contributed by atoms with Crippen molar-refractivity contribution in [1.29, 1.82) is 0 Å². The molecule has 3 saturated carbocycles. The zero-order valence-electron chi connectivity index (χ0n) is 21.7. The third kappa shape index (κ3) is 3.37. The highest BCUT2D eigenvalue weighted by Crippen LogP contribution is 2.72. The van der Waals surface area contributed by atoms with Crippen molar-refractivity contribution in [1.82, 2.24) is 5.06 Å². The van der Waals surface area contributed by atoms with Gasteiger partial charge >= 0.3 is 5.97 Å². The van der Waals surface area contributed by atoms with Crippen LogP contribution in [0.15, 0.2) is 48.1 Å². The van der Waals surface area contributed by atoms with E-state index in [1.165, 1.54) is 31.2 Å². The van der Waals surface area contributed by atoms with Crippen molar-refractivity contribution in [2.24, 2.45) is 28.6 Å². The van der Waals surface area contributed by atoms with Crippen molar-refractivity contribution in [2.45, 2.75) is 63.2 Å². The van der Waals surface area contributed by atoms with E-state index < -0.39 is 76.6 Å². The lowest BCUT2D eigenvalue weighted by Gasteiger charge is -2.63. The van der Waals surface area contributed by atoms with E-state index in [4.69, 9.17) is 9.57 Å². The van der Waals surface area contributed by atoms with E-state index in [0.717, 1.165) is 11.6 Å². The van der Waals surface area contributed by atoms with Gasteiger partial charge in [0.15, 0.2) is 17.1 Å². The molecule has 1 aromatic rings. The molecule has 6 rings (SSSR count). The van der Waals surface area contributed by atoms with E-state index in [0.29, 0.717) is 0 Å². The quantitative estimate of drug-likeness (QED) is 0.445. The molecule has 0 unspecified atom stereocenters. The van der Waals surface area contributed by atoms with Crippen LogP contribution in [0.3, 0.4) is 0 Å². The fraction of sp³-hybridized carbons (Fsp3) is 0.586. The summed E-state index contributed by atoms with van der Waals surface area (Å²) in [5, 5.41) is 13.1. The lowest BCUT2D eigenvalue weighted by Crippen LogP contribution is -2.70. The molecule has 6 nitrogen and oxygen atoms in total. The van der Waals surface area contributed by atoms with E-state index in [1.54, 1.807) is 24.1 Å². The molecule has 39 heavy (non-hydrogen) atoms. The number of allylic oxidation sites excluding steroid dienone is 4. The number of carbonyl (C=O) groups excluding carboxylic acids is 2. The second-order valence-electron chi connectivity index (χ2n) is 12.1. The Hall–Kier alpha value is -2.56. The predicted octanol–water partition coefficient (Wildman–Crippen LogP) is 4.33. The number of carbonyl (C=O) groups is 2. The van der Waals surface area contributed by atoms with Crippen LogP contribution in [0.4, 0.5) is 17.6 Å². The Morgan fingerprint density at radius 2 is 1.92 bits per heavy atom. The minimum Gasteiger partial charge on any atom is -0.432 e. The van der Waals surface area contributed by atoms with Crippen molar-refractivity contribution >= 4 is 11.8 Å². The zero-order valence-corrected chi connectivity index (χ0v) is 21.7. The molecule has 9 atom stereocenters. The summed E-state index contributed by atoms with van der Waals surface area (Å²) in [6, 6.07) is 5.79. The standard InChI is InChI=1S/C29H31F4NO5/c1-26-8-7-19(35)10-22(26)23(32)11-21-20-9-17-14-34(13-16-3-5-18(31)6-4-16)39-29(17,25(37)38-15-30)27(20,2)12-24(36)28(21,26)33/h3-8,10,17,20-21,23-24,36H,9,11-15H2,1-2H3/t17-,20-,21-,23-,24-,26-,27-,28-,29-/m0/s1. The molecule has 1 heterocycles. The number of ketones is 1. The third-order valence-corrected chi connectivity index (χ3v) is 10.4. The molecule has 0 aromatic heterocycles. The molecule has 0 radical (unpaired) electrons. The van der Waals surface area contributed by atoms with Gasteiger partial charge in [0.2, 0.25) is 6.86 Å². The number of hydrogen-bond acceptors (Lipinski definition) is 6. The lowest BCUT2D eigenvalue weighted by molar-refractivity contribution is -0.278. The number of halogens is 4. The molecular formula is C29H31F4NO5. The van der Waals surface area contributed by atoms with E-state index in [-0.39, 0.29) is 37.9 Å². The van der Waals surface area contributed by atoms with Gasteiger partial charge in [-0.2, -0.15) is 5.06 Å². The molecule has 0 amide bonds. The summed E-state index contributed by atoms with van der Waals surface area (Å²) in [5.74, 6) is -3.92. The molecule has 4 fully saturated rings. The normalized spacial score (nSPS) is 44.7. The number of alkyl halides is 3. The molecule has 1 N–H and O–H groups in total. The number of aliphatic hydroxyl groups excluding tert-OH is 1. The third-order valence-electron chi connectivity index (χ3n) is 10.4. The second kappa shape index (κ2) is 8.72. The molecular weight excluding hydrogens is 518 g/mol. The molecule has 1 saturated heterocycles. The predicted molar refractivity (Wildman–Crippen MR) is 130 cm³/mol. The van der Waals surface area contributed by atoms with Gasteiger partial charge < -0.3 is 9.84 Å². The van der Waals surface area contributed by atoms with Gasteiger partial charge in [-0.3, -0.25) is 9.63 Å². The van der Waals surface area contributed by atoms with Crippen LogP contribution in [0.1, 0.15) is 38.7 Å². The van der Waals surface area contributed by atoms with Crippen molar-refractivity contribution in [3.05, 3.63) is 59.4 Å². The fourth-order valence-corrected chi connectivity index (χ4v) is 8.71. The molecule has 4 aliphatic carbocycles. The van der Waals surface area contributed by atoms with Crippen molar-refractivity contribution in [2.75, 3.05) is 13.4 Å². The Labute approximate surface area is 223 Å². The van der Waals surface area contributed by atoms with E-state index in [9.17, 15) is 23.5 Å². The topological polar surface area (TPSA) is 76.1 Å². The SMILES string of the molecule is C[C@]12C=CC(=O)C=C1[C@@H](F)C[C@H]1[C@@H]3C[C@H]4CN(Cc5ccc(F)cc5)O[C@@]4(C(=O)OCF)[C@@]3(C)C[C@H](O)[C@@]12F. The fourth-order valence-electron chi connectivity index (χ4n) is 8.71. The van der Waals surface area contributed by atoms with Crippen LogP contribution in [-0.4, -0.2) is 58.9 Å². The van der Waals surface area contributed by atoms with Gasteiger partial charge in [0.1, 0.15) is 12.0 Å². The van der Waals surface area contributed by atoms with Crippen LogP contribution in [0, 0.1) is 34.4 Å². The Balaban J connectivity index is 1.40. The minimum absolute atomic E-state index is 0.0165. The molecule has 0 spiro atoms. The van der Waals surface area contributed by atoms with Gasteiger partial charge in [0, 0.05) is 35.8 Å². The van der Waals surface area contributed by atoms with E-state index in [1.807, 2.05) is 0 Å². The monoisotopic (exact) mass is 549 g/mol. The second-order valence-corrected chi connectivity index (χ2v) is 12.1. The maximum atomic E-state index is 17.4. The molecule has 10 heteroatoms. The van der Waals surface area contributed by atoms with E-state index in [2.05, 4.69) is 0 Å². The first kappa shape index (κ1) is 26.7. The Morgan fingerprint density at radius 3 is 2.62 bits per heavy atom. The zero-order chi connectivity index (χ0) is 28.0. The Bertz CT molecular complexity index is 1270. The number of hydrogen-bond donors (Lipinski definition) is 1. The molecule has 5 aliphatic rings. The summed E-state index contributed by atoms with van der Waals surface area (Å²) in [6.45, 7) is 2.27. The maximum absolute atomic E-state index is 17.4. The summed E-state index contributed by atoms with van der Waals surface area (Å²) in [5.41, 5.74) is -6.07. The van der Waals surface area contributed by atoms with Crippen LogP contribution in [-0.2, 0) is 25.7 Å². The van der Waals surface area contributed by atoms with Gasteiger partial charge in [-0.15, -0.1) is 0 Å². The van der Waals surface area contributed by atoms with Gasteiger partial charge in [-0.05, 0) is 67.5 Å². The Kier molecular flexibility index (Phi) is 5.96. The number of rotatable bonds is 4. The molecule has 1 aromatic carbocycles. The highest BCUT2D eigenvalue weighted by molar-refractivity contribution is 6.01. The van der Waals surface area contributed by atoms with Crippen LogP contribution in [0.25, 0.3) is 0 Å². The van der Waals surface area contributed by atoms with Crippen LogP contribution < -0.4 is 0 Å². The average molecular weight is 550 g/mol. The molecule has 0 bridgehead atoms. The number of nitrogens with zero attached hydrogens (tertiary/aromatic N) is 1. The van der Waals surface area contributed by atoms with E-state index >= 15 is 8.78 Å².